The van der Waals surface area contributed by atoms with E-state index >= 15 is 0 Å². The standard InChI is InChI=1S/C32H22N4/c1-3-7-21(8-4-1)31-27-15-11-23(33-27)19-25-13-17-29(35-25)32(22-9-5-2-6-10-22)30-18-14-26(36-30)20-24-12-16-28(31)34-24/h1-20,33,35H. The lowest BCUT2D eigenvalue weighted by Gasteiger charge is -2.03. The predicted molar refractivity (Wildman–Crippen MR) is 150 cm³/mol. The van der Waals surface area contributed by atoms with Gasteiger partial charge in [0.05, 0.1) is 22.8 Å². The minimum Gasteiger partial charge on any atom is -0.355 e. The summed E-state index contributed by atoms with van der Waals surface area (Å²) >= 11 is 0. The third-order valence-electron chi connectivity index (χ3n) is 6.52. The van der Waals surface area contributed by atoms with E-state index in [1.54, 1.807) is 0 Å². The second kappa shape index (κ2) is 8.36. The lowest BCUT2D eigenvalue weighted by molar-refractivity contribution is 1.28. The van der Waals surface area contributed by atoms with Crippen LogP contribution in [0.4, 0.5) is 0 Å². The zero-order valence-electron chi connectivity index (χ0n) is 19.4. The summed E-state index contributed by atoms with van der Waals surface area (Å²) in [4.78, 5) is 17.2. The van der Waals surface area contributed by atoms with Crippen molar-refractivity contribution in [3.8, 4) is 22.3 Å². The van der Waals surface area contributed by atoms with Gasteiger partial charge < -0.3 is 9.97 Å². The summed E-state index contributed by atoms with van der Waals surface area (Å²) in [6.45, 7) is 0. The molecule has 7 rings (SSSR count). The molecule has 0 spiro atoms. The Morgan fingerprint density at radius 2 is 0.917 bits per heavy atom. The van der Waals surface area contributed by atoms with E-state index in [1.165, 1.54) is 0 Å². The van der Waals surface area contributed by atoms with Crippen LogP contribution in [0.2, 0.25) is 0 Å². The van der Waals surface area contributed by atoms with Crippen molar-refractivity contribution in [1.82, 2.24) is 19.9 Å². The van der Waals surface area contributed by atoms with Crippen molar-refractivity contribution in [3.05, 3.63) is 120 Å². The number of aromatic amines is 2. The van der Waals surface area contributed by atoms with Crippen LogP contribution in [0.5, 0.6) is 0 Å². The van der Waals surface area contributed by atoms with Crippen molar-refractivity contribution in [3.63, 3.8) is 0 Å². The molecule has 4 heteroatoms. The Hall–Kier alpha value is -4.96. The fourth-order valence-electron chi connectivity index (χ4n) is 4.89. The largest absolute Gasteiger partial charge is 0.355 e. The quantitative estimate of drug-likeness (QED) is 0.273. The van der Waals surface area contributed by atoms with Crippen LogP contribution in [-0.2, 0) is 0 Å². The minimum atomic E-state index is 0.886. The van der Waals surface area contributed by atoms with Crippen LogP contribution >= 0.6 is 0 Å². The van der Waals surface area contributed by atoms with E-state index in [0.29, 0.717) is 0 Å². The zero-order chi connectivity index (χ0) is 23.9. The minimum absolute atomic E-state index is 0.886. The molecule has 36 heavy (non-hydrogen) atoms. The highest BCUT2D eigenvalue weighted by molar-refractivity contribution is 5.93. The molecule has 0 radical (unpaired) electrons. The van der Waals surface area contributed by atoms with Crippen LogP contribution < -0.4 is 0 Å². The van der Waals surface area contributed by atoms with Gasteiger partial charge in [0.15, 0.2) is 0 Å². The monoisotopic (exact) mass is 462 g/mol. The van der Waals surface area contributed by atoms with Gasteiger partial charge in [-0.05, 0) is 71.8 Å². The molecule has 0 fully saturated rings. The van der Waals surface area contributed by atoms with Crippen molar-refractivity contribution >= 4 is 46.4 Å². The molecule has 0 unspecified atom stereocenters. The van der Waals surface area contributed by atoms with E-state index in [9.17, 15) is 0 Å². The summed E-state index contributed by atoms with van der Waals surface area (Å²) < 4.78 is 0. The summed E-state index contributed by atoms with van der Waals surface area (Å²) in [5.74, 6) is 0. The van der Waals surface area contributed by atoms with Gasteiger partial charge >= 0.3 is 0 Å². The number of nitrogens with one attached hydrogen (secondary N) is 2. The fourth-order valence-corrected chi connectivity index (χ4v) is 4.89. The van der Waals surface area contributed by atoms with E-state index in [-0.39, 0.29) is 0 Å². The molecule has 0 saturated heterocycles. The van der Waals surface area contributed by atoms with E-state index in [2.05, 4.69) is 113 Å². The van der Waals surface area contributed by atoms with Crippen LogP contribution in [0.25, 0.3) is 68.6 Å². The Morgan fingerprint density at radius 1 is 0.444 bits per heavy atom. The van der Waals surface area contributed by atoms with Gasteiger partial charge in [0.2, 0.25) is 0 Å². The summed E-state index contributed by atoms with van der Waals surface area (Å²) in [5.41, 5.74) is 12.1. The Morgan fingerprint density at radius 3 is 1.39 bits per heavy atom. The maximum atomic E-state index is 4.98. The van der Waals surface area contributed by atoms with Crippen LogP contribution in [0.1, 0.15) is 22.8 Å². The van der Waals surface area contributed by atoms with Crippen molar-refractivity contribution in [2.45, 2.75) is 0 Å². The van der Waals surface area contributed by atoms with Gasteiger partial charge in [-0.2, -0.15) is 0 Å². The van der Waals surface area contributed by atoms with Gasteiger partial charge in [-0.1, -0.05) is 60.7 Å². The molecular weight excluding hydrogens is 440 g/mol. The highest BCUT2D eigenvalue weighted by Gasteiger charge is 2.13. The predicted octanol–water partition coefficient (Wildman–Crippen LogP) is 7.99. The fraction of sp³-hybridized carbons (Fsp3) is 0. The summed E-state index contributed by atoms with van der Waals surface area (Å²) in [6, 6.07) is 33.4. The lowest BCUT2D eigenvalue weighted by atomic mass is 10.0. The first-order chi connectivity index (χ1) is 17.8. The molecule has 5 heterocycles. The molecule has 8 bridgehead atoms. The van der Waals surface area contributed by atoms with Crippen molar-refractivity contribution in [1.29, 1.82) is 0 Å². The summed E-state index contributed by atoms with van der Waals surface area (Å²) in [7, 11) is 0. The molecule has 0 aliphatic carbocycles. The van der Waals surface area contributed by atoms with Crippen LogP contribution in [0.15, 0.2) is 97.1 Å². The molecule has 2 aliphatic rings. The number of nitrogens with zero attached hydrogens (tertiary/aromatic N) is 2. The van der Waals surface area contributed by atoms with Gasteiger partial charge in [0.1, 0.15) is 0 Å². The molecule has 170 valence electrons. The molecule has 4 nitrogen and oxygen atoms in total. The number of hydrogen-bond donors (Lipinski definition) is 2. The van der Waals surface area contributed by atoms with E-state index in [4.69, 9.17) is 9.97 Å². The number of H-pyrrole nitrogens is 2. The molecule has 2 N–H and O–H groups in total. The molecule has 2 aliphatic heterocycles. The maximum Gasteiger partial charge on any atom is 0.0736 e. The molecule has 2 aromatic carbocycles. The van der Waals surface area contributed by atoms with Gasteiger partial charge in [-0.15, -0.1) is 0 Å². The van der Waals surface area contributed by atoms with Crippen molar-refractivity contribution < 1.29 is 0 Å². The second-order valence-electron chi connectivity index (χ2n) is 8.94. The normalized spacial score (nSPS) is 12.2. The molecule has 5 aromatic rings. The van der Waals surface area contributed by atoms with Crippen molar-refractivity contribution in [2.75, 3.05) is 0 Å². The Labute approximate surface area is 208 Å². The number of aromatic nitrogens is 4. The van der Waals surface area contributed by atoms with Crippen LogP contribution in [0.3, 0.4) is 0 Å². The highest BCUT2D eigenvalue weighted by Crippen LogP contribution is 2.32. The molecule has 0 saturated carbocycles. The number of fused-ring (bicyclic) bond motifs is 8. The van der Waals surface area contributed by atoms with Gasteiger partial charge in [0.25, 0.3) is 0 Å². The van der Waals surface area contributed by atoms with Gasteiger partial charge in [0, 0.05) is 33.2 Å². The van der Waals surface area contributed by atoms with Crippen LogP contribution in [0, 0.1) is 0 Å². The zero-order valence-corrected chi connectivity index (χ0v) is 19.4. The number of hydrogen-bond acceptors (Lipinski definition) is 2. The molecular formula is C32H22N4. The highest BCUT2D eigenvalue weighted by atomic mass is 14.8. The Kier molecular flexibility index (Phi) is 4.74. The Bertz CT molecular complexity index is 1690. The molecule has 3 aromatic heterocycles. The lowest BCUT2D eigenvalue weighted by Crippen LogP contribution is -1.86. The molecule has 0 atom stereocenters. The summed E-state index contributed by atoms with van der Waals surface area (Å²) in [6.07, 6.45) is 8.27. The van der Waals surface area contributed by atoms with E-state index in [0.717, 1.165) is 67.1 Å². The van der Waals surface area contributed by atoms with Crippen LogP contribution in [-0.4, -0.2) is 19.9 Å². The first-order valence-corrected chi connectivity index (χ1v) is 12.0. The van der Waals surface area contributed by atoms with E-state index < -0.39 is 0 Å². The summed E-state index contributed by atoms with van der Waals surface area (Å²) in [5, 5.41) is 0. The third kappa shape index (κ3) is 3.65. The Balaban J connectivity index is 1.58. The number of rotatable bonds is 2. The maximum absolute atomic E-state index is 4.98. The van der Waals surface area contributed by atoms with Gasteiger partial charge in [-0.25, -0.2) is 9.97 Å². The molecule has 0 amide bonds. The van der Waals surface area contributed by atoms with Gasteiger partial charge in [-0.3, -0.25) is 0 Å². The van der Waals surface area contributed by atoms with Crippen molar-refractivity contribution in [2.24, 2.45) is 0 Å². The average molecular weight is 463 g/mol. The van der Waals surface area contributed by atoms with E-state index in [1.807, 2.05) is 18.2 Å². The first kappa shape index (κ1) is 20.4. The smallest absolute Gasteiger partial charge is 0.0736 e. The second-order valence-corrected chi connectivity index (χ2v) is 8.94. The topological polar surface area (TPSA) is 57.4 Å². The third-order valence-corrected chi connectivity index (χ3v) is 6.52. The number of benzene rings is 2. The average Bonchev–Trinajstić information content (AvgIpc) is 3.72. The SMILES string of the molecule is C1=Cc2nc1cc1nc(c(-c3ccccc3)c3ccc(cc4ccc([nH]4)c2-c2ccccc2)[nH]3)C=C1. The first-order valence-electron chi connectivity index (χ1n) is 12.0.